The summed E-state index contributed by atoms with van der Waals surface area (Å²) in [5.41, 5.74) is 1.39. The van der Waals surface area contributed by atoms with Crippen LogP contribution in [-0.4, -0.2) is 17.8 Å². The molecule has 20 heavy (non-hydrogen) atoms. The van der Waals surface area contributed by atoms with Gasteiger partial charge in [0.1, 0.15) is 0 Å². The van der Waals surface area contributed by atoms with Crippen LogP contribution in [-0.2, 0) is 6.18 Å². The van der Waals surface area contributed by atoms with Gasteiger partial charge in [0.05, 0.1) is 11.3 Å². The van der Waals surface area contributed by atoms with Crippen LogP contribution in [0.3, 0.4) is 0 Å². The van der Waals surface area contributed by atoms with E-state index in [2.05, 4.69) is 15.8 Å². The van der Waals surface area contributed by atoms with Crippen LogP contribution in [0.2, 0.25) is 0 Å². The molecule has 0 atom stereocenters. The monoisotopic (exact) mass is 287 g/mol. The van der Waals surface area contributed by atoms with E-state index in [1.807, 2.05) is 0 Å². The summed E-state index contributed by atoms with van der Waals surface area (Å²) in [5.74, 6) is 0. The summed E-state index contributed by atoms with van der Waals surface area (Å²) in [5, 5.41) is 6.19. The standard InChI is InChI=1S/C13H16F3N3O/c1-8(2)17-12(20)19-18-9(3)10-6-4-5-7-11(10)13(14,15)16/h4-8H,1-3H3,(H2,17,19,20)/b18-9+. The Labute approximate surface area is 115 Å². The fourth-order valence-electron chi connectivity index (χ4n) is 1.54. The van der Waals surface area contributed by atoms with Crippen molar-refractivity contribution in [2.75, 3.05) is 0 Å². The molecule has 0 bridgehead atoms. The highest BCUT2D eigenvalue weighted by molar-refractivity contribution is 6.00. The fourth-order valence-corrected chi connectivity index (χ4v) is 1.54. The number of benzene rings is 1. The summed E-state index contributed by atoms with van der Waals surface area (Å²) in [6, 6.07) is 4.42. The smallest absolute Gasteiger partial charge is 0.335 e. The molecule has 0 spiro atoms. The maximum Gasteiger partial charge on any atom is 0.417 e. The van der Waals surface area contributed by atoms with E-state index < -0.39 is 17.8 Å². The van der Waals surface area contributed by atoms with Crippen molar-refractivity contribution < 1.29 is 18.0 Å². The molecule has 110 valence electrons. The molecule has 1 aromatic carbocycles. The molecule has 1 rings (SSSR count). The minimum atomic E-state index is -4.46. The maximum absolute atomic E-state index is 12.8. The first-order valence-corrected chi connectivity index (χ1v) is 5.99. The molecule has 0 fully saturated rings. The molecule has 4 nitrogen and oxygen atoms in total. The van der Waals surface area contributed by atoms with Crippen LogP contribution >= 0.6 is 0 Å². The number of carbonyl (C=O) groups is 1. The lowest BCUT2D eigenvalue weighted by molar-refractivity contribution is -0.137. The van der Waals surface area contributed by atoms with Crippen molar-refractivity contribution in [2.24, 2.45) is 5.10 Å². The maximum atomic E-state index is 12.8. The lowest BCUT2D eigenvalue weighted by Crippen LogP contribution is -2.37. The topological polar surface area (TPSA) is 53.5 Å². The number of alkyl halides is 3. The zero-order chi connectivity index (χ0) is 15.3. The van der Waals surface area contributed by atoms with Gasteiger partial charge in [-0.15, -0.1) is 0 Å². The van der Waals surface area contributed by atoms with Crippen LogP contribution in [0.4, 0.5) is 18.0 Å². The first-order valence-electron chi connectivity index (χ1n) is 5.99. The van der Waals surface area contributed by atoms with Crippen molar-refractivity contribution in [3.63, 3.8) is 0 Å². The fraction of sp³-hybridized carbons (Fsp3) is 0.385. The summed E-state index contributed by atoms with van der Waals surface area (Å²) < 4.78 is 38.5. The van der Waals surface area contributed by atoms with Gasteiger partial charge in [0.15, 0.2) is 0 Å². The second kappa shape index (κ2) is 6.40. The van der Waals surface area contributed by atoms with Gasteiger partial charge in [0.25, 0.3) is 0 Å². The van der Waals surface area contributed by atoms with Gasteiger partial charge in [-0.3, -0.25) is 0 Å². The second-order valence-electron chi connectivity index (χ2n) is 4.48. The summed E-state index contributed by atoms with van der Waals surface area (Å²) in [4.78, 5) is 11.3. The normalized spacial score (nSPS) is 12.4. The molecule has 0 unspecified atom stereocenters. The molecule has 2 N–H and O–H groups in total. The van der Waals surface area contributed by atoms with Gasteiger partial charge < -0.3 is 5.32 Å². The Morgan fingerprint density at radius 2 is 1.85 bits per heavy atom. The molecule has 1 aromatic rings. The van der Waals surface area contributed by atoms with Gasteiger partial charge in [0.2, 0.25) is 0 Å². The third-order valence-electron chi connectivity index (χ3n) is 2.37. The van der Waals surface area contributed by atoms with Crippen molar-refractivity contribution in [3.8, 4) is 0 Å². The van der Waals surface area contributed by atoms with Crippen LogP contribution in [0.25, 0.3) is 0 Å². The zero-order valence-electron chi connectivity index (χ0n) is 11.4. The third-order valence-corrected chi connectivity index (χ3v) is 2.37. The number of amides is 2. The molecule has 0 aliphatic rings. The summed E-state index contributed by atoms with van der Waals surface area (Å²) in [7, 11) is 0. The van der Waals surface area contributed by atoms with E-state index in [9.17, 15) is 18.0 Å². The summed E-state index contributed by atoms with van der Waals surface area (Å²) in [6.45, 7) is 4.92. The van der Waals surface area contributed by atoms with Crippen molar-refractivity contribution in [2.45, 2.75) is 33.0 Å². The van der Waals surface area contributed by atoms with E-state index in [1.165, 1.54) is 25.1 Å². The molecule has 7 heteroatoms. The van der Waals surface area contributed by atoms with E-state index in [4.69, 9.17) is 0 Å². The summed E-state index contributed by atoms with van der Waals surface area (Å²) >= 11 is 0. The molecule has 0 aromatic heterocycles. The van der Waals surface area contributed by atoms with E-state index in [0.717, 1.165) is 6.07 Å². The molecule has 0 saturated heterocycles. The second-order valence-corrected chi connectivity index (χ2v) is 4.48. The van der Waals surface area contributed by atoms with E-state index in [-0.39, 0.29) is 17.3 Å². The Balaban J connectivity index is 2.93. The largest absolute Gasteiger partial charge is 0.417 e. The molecular formula is C13H16F3N3O. The lowest BCUT2D eigenvalue weighted by atomic mass is 10.0. The quantitative estimate of drug-likeness (QED) is 0.651. The molecule has 0 saturated carbocycles. The number of nitrogens with one attached hydrogen (secondary N) is 2. The highest BCUT2D eigenvalue weighted by Crippen LogP contribution is 2.31. The first-order chi connectivity index (χ1) is 9.21. The first kappa shape index (κ1) is 16.0. The SMILES string of the molecule is C/C(=N\NC(=O)NC(C)C)c1ccccc1C(F)(F)F. The molecule has 2 amide bonds. The average molecular weight is 287 g/mol. The zero-order valence-corrected chi connectivity index (χ0v) is 11.4. The number of hydrazone groups is 1. The highest BCUT2D eigenvalue weighted by Gasteiger charge is 2.33. The van der Waals surface area contributed by atoms with Crippen LogP contribution in [0.15, 0.2) is 29.4 Å². The van der Waals surface area contributed by atoms with Crippen molar-refractivity contribution >= 4 is 11.7 Å². The number of hydrogen-bond acceptors (Lipinski definition) is 2. The number of halogens is 3. The highest BCUT2D eigenvalue weighted by atomic mass is 19.4. The summed E-state index contributed by atoms with van der Waals surface area (Å²) in [6.07, 6.45) is -4.46. The van der Waals surface area contributed by atoms with Gasteiger partial charge in [-0.05, 0) is 26.8 Å². The van der Waals surface area contributed by atoms with E-state index in [1.54, 1.807) is 13.8 Å². The molecule has 0 aliphatic carbocycles. The molecular weight excluding hydrogens is 271 g/mol. The predicted molar refractivity (Wildman–Crippen MR) is 70.5 cm³/mol. The van der Waals surface area contributed by atoms with Gasteiger partial charge in [-0.25, -0.2) is 10.2 Å². The minimum Gasteiger partial charge on any atom is -0.335 e. The van der Waals surface area contributed by atoms with Gasteiger partial charge in [-0.1, -0.05) is 18.2 Å². The van der Waals surface area contributed by atoms with Gasteiger partial charge in [-0.2, -0.15) is 18.3 Å². The number of hydrogen-bond donors (Lipinski definition) is 2. The van der Waals surface area contributed by atoms with Crippen molar-refractivity contribution in [1.29, 1.82) is 0 Å². The Kier molecular flexibility index (Phi) is 5.12. The van der Waals surface area contributed by atoms with E-state index in [0.29, 0.717) is 0 Å². The predicted octanol–water partition coefficient (Wildman–Crippen LogP) is 3.14. The Morgan fingerprint density at radius 1 is 1.25 bits per heavy atom. The number of urea groups is 1. The van der Waals surface area contributed by atoms with Crippen molar-refractivity contribution in [1.82, 2.24) is 10.7 Å². The molecule has 0 heterocycles. The molecule has 0 aliphatic heterocycles. The number of rotatable bonds is 3. The van der Waals surface area contributed by atoms with Crippen LogP contribution in [0.5, 0.6) is 0 Å². The van der Waals surface area contributed by atoms with Crippen molar-refractivity contribution in [3.05, 3.63) is 35.4 Å². The Bertz CT molecular complexity index is 510. The van der Waals surface area contributed by atoms with Crippen LogP contribution in [0.1, 0.15) is 31.9 Å². The van der Waals surface area contributed by atoms with Crippen LogP contribution < -0.4 is 10.7 Å². The van der Waals surface area contributed by atoms with Gasteiger partial charge >= 0.3 is 12.2 Å². The van der Waals surface area contributed by atoms with Crippen LogP contribution in [0, 0.1) is 0 Å². The lowest BCUT2D eigenvalue weighted by Gasteiger charge is -2.12. The number of carbonyl (C=O) groups excluding carboxylic acids is 1. The average Bonchev–Trinajstić information content (AvgIpc) is 2.34. The minimum absolute atomic E-state index is 0.0650. The Hall–Kier alpha value is -2.05. The Morgan fingerprint density at radius 3 is 2.40 bits per heavy atom. The third kappa shape index (κ3) is 4.56. The number of nitrogens with zero attached hydrogens (tertiary/aromatic N) is 1. The van der Waals surface area contributed by atoms with E-state index >= 15 is 0 Å². The molecule has 0 radical (unpaired) electrons. The van der Waals surface area contributed by atoms with Gasteiger partial charge in [0, 0.05) is 11.6 Å².